The SMILES string of the molecule is CC(C)(C)OC(=O)N1C=CCC1(C=O)CCCCl. The number of hydrogen-bond acceptors (Lipinski definition) is 3. The fraction of sp³-hybridized carbons (Fsp3) is 0.692. The Morgan fingerprint density at radius 1 is 1.56 bits per heavy atom. The second-order valence-corrected chi connectivity index (χ2v) is 5.83. The van der Waals surface area contributed by atoms with Crippen LogP contribution in [0, 0.1) is 0 Å². The lowest BCUT2D eigenvalue weighted by Crippen LogP contribution is -2.49. The highest BCUT2D eigenvalue weighted by Gasteiger charge is 2.42. The highest BCUT2D eigenvalue weighted by Crippen LogP contribution is 2.31. The van der Waals surface area contributed by atoms with E-state index in [1.54, 1.807) is 27.0 Å². The first-order chi connectivity index (χ1) is 8.34. The summed E-state index contributed by atoms with van der Waals surface area (Å²) >= 11 is 5.66. The van der Waals surface area contributed by atoms with Crippen molar-refractivity contribution in [2.75, 3.05) is 5.88 Å². The van der Waals surface area contributed by atoms with E-state index < -0.39 is 17.2 Å². The summed E-state index contributed by atoms with van der Waals surface area (Å²) in [4.78, 5) is 24.8. The monoisotopic (exact) mass is 273 g/mol. The minimum atomic E-state index is -0.822. The molecule has 1 heterocycles. The molecule has 1 atom stereocenters. The predicted octanol–water partition coefficient (Wildman–Crippen LogP) is 3.10. The van der Waals surface area contributed by atoms with Crippen LogP contribution in [0.3, 0.4) is 0 Å². The van der Waals surface area contributed by atoms with Gasteiger partial charge in [0, 0.05) is 12.1 Å². The highest BCUT2D eigenvalue weighted by molar-refractivity contribution is 6.17. The summed E-state index contributed by atoms with van der Waals surface area (Å²) in [5, 5.41) is 0. The molecule has 0 spiro atoms. The van der Waals surface area contributed by atoms with Gasteiger partial charge in [-0.15, -0.1) is 11.6 Å². The Morgan fingerprint density at radius 2 is 2.22 bits per heavy atom. The number of carbonyl (C=O) groups excluding carboxylic acids is 2. The Labute approximate surface area is 113 Å². The molecule has 0 fully saturated rings. The summed E-state index contributed by atoms with van der Waals surface area (Å²) in [6.45, 7) is 5.39. The van der Waals surface area contributed by atoms with Crippen LogP contribution in [0.5, 0.6) is 0 Å². The molecule has 1 aliphatic heterocycles. The molecule has 0 radical (unpaired) electrons. The molecule has 5 heteroatoms. The number of nitrogens with zero attached hydrogens (tertiary/aromatic N) is 1. The van der Waals surface area contributed by atoms with Gasteiger partial charge in [0.2, 0.25) is 0 Å². The van der Waals surface area contributed by atoms with Crippen LogP contribution in [-0.2, 0) is 9.53 Å². The lowest BCUT2D eigenvalue weighted by atomic mass is 9.92. The maximum atomic E-state index is 12.1. The molecule has 0 saturated heterocycles. The molecule has 18 heavy (non-hydrogen) atoms. The van der Waals surface area contributed by atoms with Gasteiger partial charge in [0.1, 0.15) is 17.4 Å². The zero-order valence-electron chi connectivity index (χ0n) is 11.1. The van der Waals surface area contributed by atoms with Gasteiger partial charge in [-0.05, 0) is 40.0 Å². The van der Waals surface area contributed by atoms with Crippen molar-refractivity contribution in [2.45, 2.75) is 51.2 Å². The lowest BCUT2D eigenvalue weighted by Gasteiger charge is -2.34. The molecular weight excluding hydrogens is 254 g/mol. The summed E-state index contributed by atoms with van der Waals surface area (Å²) in [6, 6.07) is 0. The molecule has 0 saturated carbocycles. The largest absolute Gasteiger partial charge is 0.443 e. The number of ether oxygens (including phenoxy) is 1. The van der Waals surface area contributed by atoms with Gasteiger partial charge in [-0.3, -0.25) is 4.90 Å². The van der Waals surface area contributed by atoms with Crippen molar-refractivity contribution in [3.05, 3.63) is 12.3 Å². The summed E-state index contributed by atoms with van der Waals surface area (Å²) in [5.41, 5.74) is -1.40. The minimum Gasteiger partial charge on any atom is -0.443 e. The predicted molar refractivity (Wildman–Crippen MR) is 70.6 cm³/mol. The Kier molecular flexibility index (Phi) is 4.79. The van der Waals surface area contributed by atoms with Gasteiger partial charge >= 0.3 is 6.09 Å². The van der Waals surface area contributed by atoms with Crippen LogP contribution in [0.25, 0.3) is 0 Å². The first-order valence-corrected chi connectivity index (χ1v) is 6.59. The third-order valence-electron chi connectivity index (χ3n) is 2.76. The second kappa shape index (κ2) is 5.74. The molecule has 0 bridgehead atoms. The Bertz CT molecular complexity index is 349. The van der Waals surface area contributed by atoms with Crippen LogP contribution in [0.2, 0.25) is 0 Å². The molecule has 1 rings (SSSR count). The van der Waals surface area contributed by atoms with Gasteiger partial charge in [0.25, 0.3) is 0 Å². The van der Waals surface area contributed by atoms with Crippen LogP contribution < -0.4 is 0 Å². The van der Waals surface area contributed by atoms with Crippen molar-refractivity contribution in [1.82, 2.24) is 4.90 Å². The third-order valence-corrected chi connectivity index (χ3v) is 3.03. The number of rotatable bonds is 4. The average molecular weight is 274 g/mol. The highest BCUT2D eigenvalue weighted by atomic mass is 35.5. The molecule has 0 aliphatic carbocycles. The van der Waals surface area contributed by atoms with E-state index in [-0.39, 0.29) is 0 Å². The number of hydrogen-bond donors (Lipinski definition) is 0. The van der Waals surface area contributed by atoms with E-state index in [2.05, 4.69) is 0 Å². The van der Waals surface area contributed by atoms with E-state index >= 15 is 0 Å². The van der Waals surface area contributed by atoms with Crippen molar-refractivity contribution in [2.24, 2.45) is 0 Å². The number of alkyl halides is 1. The molecule has 4 nitrogen and oxygen atoms in total. The van der Waals surface area contributed by atoms with Gasteiger partial charge in [-0.1, -0.05) is 6.08 Å². The molecule has 0 N–H and O–H groups in total. The number of halogens is 1. The summed E-state index contributed by atoms with van der Waals surface area (Å²) in [7, 11) is 0. The van der Waals surface area contributed by atoms with Crippen molar-refractivity contribution < 1.29 is 14.3 Å². The minimum absolute atomic E-state index is 0.470. The standard InChI is InChI=1S/C13H20ClNO3/c1-12(2,3)18-11(17)15-9-5-7-13(15,10-16)6-4-8-14/h5,9-10H,4,6-8H2,1-3H3. The first-order valence-electron chi connectivity index (χ1n) is 6.06. The van der Waals surface area contributed by atoms with Crippen LogP contribution in [-0.4, -0.2) is 34.3 Å². The fourth-order valence-corrected chi connectivity index (χ4v) is 2.06. The van der Waals surface area contributed by atoms with Gasteiger partial charge in [-0.2, -0.15) is 0 Å². The quantitative estimate of drug-likeness (QED) is 0.584. The summed E-state index contributed by atoms with van der Waals surface area (Å²) in [5.74, 6) is 0.470. The molecule has 102 valence electrons. The summed E-state index contributed by atoms with van der Waals surface area (Å²) in [6.07, 6.45) is 5.52. The maximum Gasteiger partial charge on any atom is 0.415 e. The molecule has 0 aromatic carbocycles. The maximum absolute atomic E-state index is 12.1. The van der Waals surface area contributed by atoms with Gasteiger partial charge in [-0.25, -0.2) is 4.79 Å². The normalized spacial score (nSPS) is 23.2. The molecule has 0 aromatic rings. The van der Waals surface area contributed by atoms with E-state index in [1.165, 1.54) is 4.90 Å². The Hall–Kier alpha value is -1.03. The van der Waals surface area contributed by atoms with E-state index in [0.717, 1.165) is 6.29 Å². The van der Waals surface area contributed by atoms with Crippen LogP contribution in [0.15, 0.2) is 12.3 Å². The van der Waals surface area contributed by atoms with E-state index in [1.807, 2.05) is 6.08 Å². The topological polar surface area (TPSA) is 46.6 Å². The van der Waals surface area contributed by atoms with E-state index in [4.69, 9.17) is 16.3 Å². The lowest BCUT2D eigenvalue weighted by molar-refractivity contribution is -0.116. The Balaban J connectivity index is 2.81. The van der Waals surface area contributed by atoms with Gasteiger partial charge in [0.05, 0.1) is 0 Å². The van der Waals surface area contributed by atoms with Crippen molar-refractivity contribution in [3.63, 3.8) is 0 Å². The molecule has 1 unspecified atom stereocenters. The van der Waals surface area contributed by atoms with Crippen LogP contribution in [0.1, 0.15) is 40.0 Å². The van der Waals surface area contributed by atoms with Gasteiger partial charge in [0.15, 0.2) is 0 Å². The molecular formula is C13H20ClNO3. The first kappa shape index (κ1) is 15.0. The number of carbonyl (C=O) groups is 2. The molecule has 0 aromatic heterocycles. The number of amides is 1. The van der Waals surface area contributed by atoms with Crippen molar-refractivity contribution >= 4 is 24.0 Å². The average Bonchev–Trinajstić information content (AvgIpc) is 2.68. The van der Waals surface area contributed by atoms with Crippen LogP contribution >= 0.6 is 11.6 Å². The molecule has 1 aliphatic rings. The number of aldehydes is 1. The summed E-state index contributed by atoms with van der Waals surface area (Å²) < 4.78 is 5.30. The Morgan fingerprint density at radius 3 is 2.72 bits per heavy atom. The second-order valence-electron chi connectivity index (χ2n) is 5.45. The van der Waals surface area contributed by atoms with Crippen molar-refractivity contribution in [3.8, 4) is 0 Å². The van der Waals surface area contributed by atoms with Crippen LogP contribution in [0.4, 0.5) is 4.79 Å². The molecule has 1 amide bonds. The zero-order valence-corrected chi connectivity index (χ0v) is 11.9. The van der Waals surface area contributed by atoms with E-state index in [9.17, 15) is 9.59 Å². The smallest absolute Gasteiger partial charge is 0.415 e. The van der Waals surface area contributed by atoms with Gasteiger partial charge < -0.3 is 9.53 Å². The van der Waals surface area contributed by atoms with E-state index in [0.29, 0.717) is 25.1 Å². The fourth-order valence-electron chi connectivity index (χ4n) is 1.92. The zero-order chi connectivity index (χ0) is 13.8. The van der Waals surface area contributed by atoms with Crippen molar-refractivity contribution in [1.29, 1.82) is 0 Å². The third kappa shape index (κ3) is 3.48.